The van der Waals surface area contributed by atoms with Crippen molar-refractivity contribution in [3.8, 4) is 5.75 Å². The molecule has 1 aromatic rings. The van der Waals surface area contributed by atoms with E-state index in [2.05, 4.69) is 15.9 Å². The third kappa shape index (κ3) is 4.38. The van der Waals surface area contributed by atoms with Gasteiger partial charge in [-0.2, -0.15) is 0 Å². The average molecular weight is 363 g/mol. The van der Waals surface area contributed by atoms with E-state index in [1.165, 1.54) is 0 Å². The molecule has 0 spiro atoms. The van der Waals surface area contributed by atoms with Gasteiger partial charge in [0.15, 0.2) is 5.75 Å². The maximum absolute atomic E-state index is 6.04. The molecule has 0 saturated carbocycles. The number of benzene rings is 1. The highest BCUT2D eigenvalue weighted by molar-refractivity contribution is 9.10. The highest BCUT2D eigenvalue weighted by Crippen LogP contribution is 2.37. The molecule has 1 aromatic carbocycles. The third-order valence-corrected chi connectivity index (χ3v) is 3.74. The number of halogens is 4. The summed E-state index contributed by atoms with van der Waals surface area (Å²) in [7, 11) is 1.58. The first kappa shape index (κ1) is 14.5. The van der Waals surface area contributed by atoms with Crippen molar-refractivity contribution in [2.75, 3.05) is 12.9 Å². The Bertz CT molecular complexity index is 382. The van der Waals surface area contributed by atoms with Gasteiger partial charge in [-0.3, -0.25) is 0 Å². The van der Waals surface area contributed by atoms with Crippen LogP contribution in [-0.2, 0) is 0 Å². The van der Waals surface area contributed by atoms with Gasteiger partial charge < -0.3 is 4.74 Å². The lowest BCUT2D eigenvalue weighted by Gasteiger charge is -2.07. The van der Waals surface area contributed by atoms with Gasteiger partial charge in [0.05, 0.1) is 16.6 Å². The van der Waals surface area contributed by atoms with Gasteiger partial charge in [-0.05, 0) is 34.1 Å². The van der Waals surface area contributed by atoms with Gasteiger partial charge in [-0.25, -0.2) is 0 Å². The molecule has 1 nitrogen and oxygen atoms in total. The molecule has 6 heteroatoms. The van der Waals surface area contributed by atoms with Crippen molar-refractivity contribution in [3.05, 3.63) is 32.2 Å². The fraction of sp³-hybridized carbons (Fsp3) is 0.200. The molecule has 0 fully saturated rings. The number of hydrogen-bond acceptors (Lipinski definition) is 2. The molecule has 16 heavy (non-hydrogen) atoms. The summed E-state index contributed by atoms with van der Waals surface area (Å²) in [6, 6.07) is 3.77. The third-order valence-electron chi connectivity index (χ3n) is 1.66. The molecule has 0 atom stereocenters. The standard InChI is InChI=1S/C10H8BrCl3OS/c1-15-10-7(11)4-6(5-8(10)12)16-3-2-9(13)14/h2,4-5H,3H2,1H3. The predicted octanol–water partition coefficient (Wildman–Crippen LogP) is 5.52. The van der Waals surface area contributed by atoms with E-state index in [-0.39, 0.29) is 4.49 Å². The first-order chi connectivity index (χ1) is 7.54. The molecular formula is C10H8BrCl3OS. The van der Waals surface area contributed by atoms with Gasteiger partial charge in [0, 0.05) is 10.6 Å². The summed E-state index contributed by atoms with van der Waals surface area (Å²) >= 11 is 22.0. The molecule has 0 heterocycles. The average Bonchev–Trinajstić information content (AvgIpc) is 2.16. The first-order valence-electron chi connectivity index (χ1n) is 4.21. The fourth-order valence-corrected chi connectivity index (χ4v) is 3.45. The second-order valence-electron chi connectivity index (χ2n) is 2.72. The molecule has 0 aromatic heterocycles. The van der Waals surface area contributed by atoms with E-state index in [0.29, 0.717) is 16.5 Å². The van der Waals surface area contributed by atoms with Crippen molar-refractivity contribution in [3.63, 3.8) is 0 Å². The van der Waals surface area contributed by atoms with Gasteiger partial charge in [0.25, 0.3) is 0 Å². The Balaban J connectivity index is 2.80. The van der Waals surface area contributed by atoms with Crippen molar-refractivity contribution in [1.82, 2.24) is 0 Å². The summed E-state index contributed by atoms with van der Waals surface area (Å²) in [5.41, 5.74) is 0. The highest BCUT2D eigenvalue weighted by atomic mass is 79.9. The lowest BCUT2D eigenvalue weighted by atomic mass is 10.3. The Labute approximate surface area is 122 Å². The topological polar surface area (TPSA) is 9.23 Å². The summed E-state index contributed by atoms with van der Waals surface area (Å²) in [6.45, 7) is 0. The maximum Gasteiger partial charge on any atom is 0.151 e. The second-order valence-corrected chi connectivity index (χ2v) is 6.09. The van der Waals surface area contributed by atoms with Crippen molar-refractivity contribution < 1.29 is 4.74 Å². The monoisotopic (exact) mass is 360 g/mol. The van der Waals surface area contributed by atoms with Crippen LogP contribution in [0.1, 0.15) is 0 Å². The van der Waals surface area contributed by atoms with Crippen LogP contribution in [0, 0.1) is 0 Å². The molecule has 0 aliphatic carbocycles. The smallest absolute Gasteiger partial charge is 0.151 e. The molecule has 1 rings (SSSR count). The van der Waals surface area contributed by atoms with Crippen LogP contribution in [-0.4, -0.2) is 12.9 Å². The van der Waals surface area contributed by atoms with Gasteiger partial charge in [-0.15, -0.1) is 11.8 Å². The Kier molecular flexibility index (Phi) is 6.37. The summed E-state index contributed by atoms with van der Waals surface area (Å²) in [6.07, 6.45) is 1.72. The van der Waals surface area contributed by atoms with E-state index in [0.717, 1.165) is 9.37 Å². The SMILES string of the molecule is COc1c(Cl)cc(SCC=C(Cl)Cl)cc1Br. The number of methoxy groups -OCH3 is 1. The van der Waals surface area contributed by atoms with Crippen molar-refractivity contribution in [2.24, 2.45) is 0 Å². The molecule has 0 radical (unpaired) electrons. The molecule has 88 valence electrons. The van der Waals surface area contributed by atoms with Crippen LogP contribution in [0.4, 0.5) is 0 Å². The molecule has 0 N–H and O–H groups in total. The van der Waals surface area contributed by atoms with Crippen LogP contribution >= 0.6 is 62.5 Å². The van der Waals surface area contributed by atoms with E-state index in [4.69, 9.17) is 39.5 Å². The Hall–Kier alpha value is 0.460. The number of hydrogen-bond donors (Lipinski definition) is 0. The van der Waals surface area contributed by atoms with Crippen LogP contribution in [0.15, 0.2) is 32.1 Å². The number of ether oxygens (including phenoxy) is 1. The molecular weight excluding hydrogens is 354 g/mol. The minimum absolute atomic E-state index is 0.270. The van der Waals surface area contributed by atoms with Gasteiger partial charge in [-0.1, -0.05) is 34.8 Å². The van der Waals surface area contributed by atoms with Gasteiger partial charge in [0.2, 0.25) is 0 Å². The maximum atomic E-state index is 6.04. The largest absolute Gasteiger partial charge is 0.494 e. The lowest BCUT2D eigenvalue weighted by Crippen LogP contribution is -1.86. The molecule has 0 aliphatic heterocycles. The molecule has 0 amide bonds. The minimum Gasteiger partial charge on any atom is -0.494 e. The van der Waals surface area contributed by atoms with Crippen LogP contribution in [0.2, 0.25) is 5.02 Å². The van der Waals surface area contributed by atoms with Crippen molar-refractivity contribution in [1.29, 1.82) is 0 Å². The summed E-state index contributed by atoms with van der Waals surface area (Å²) in [4.78, 5) is 1.02. The minimum atomic E-state index is 0.270. The van der Waals surface area contributed by atoms with E-state index in [1.807, 2.05) is 12.1 Å². The van der Waals surface area contributed by atoms with Crippen LogP contribution in [0.3, 0.4) is 0 Å². The Morgan fingerprint density at radius 3 is 2.69 bits per heavy atom. The lowest BCUT2D eigenvalue weighted by molar-refractivity contribution is 0.412. The van der Waals surface area contributed by atoms with E-state index in [9.17, 15) is 0 Å². The molecule has 0 aliphatic rings. The zero-order valence-corrected chi connectivity index (χ0v) is 12.9. The van der Waals surface area contributed by atoms with Crippen molar-refractivity contribution in [2.45, 2.75) is 4.90 Å². The summed E-state index contributed by atoms with van der Waals surface area (Å²) in [5, 5.41) is 0.570. The Morgan fingerprint density at radius 1 is 1.50 bits per heavy atom. The molecule has 0 saturated heterocycles. The van der Waals surface area contributed by atoms with E-state index in [1.54, 1.807) is 24.9 Å². The van der Waals surface area contributed by atoms with Crippen LogP contribution in [0.5, 0.6) is 5.75 Å². The quantitative estimate of drug-likeness (QED) is 0.652. The van der Waals surface area contributed by atoms with Crippen LogP contribution < -0.4 is 4.74 Å². The summed E-state index contributed by atoms with van der Waals surface area (Å²) in [5.74, 6) is 1.33. The Morgan fingerprint density at radius 2 is 2.19 bits per heavy atom. The molecule has 0 bridgehead atoms. The van der Waals surface area contributed by atoms with Gasteiger partial charge >= 0.3 is 0 Å². The summed E-state index contributed by atoms with van der Waals surface area (Å²) < 4.78 is 6.23. The molecule has 0 unspecified atom stereocenters. The first-order valence-corrected chi connectivity index (χ1v) is 7.13. The number of thioether (sulfide) groups is 1. The highest BCUT2D eigenvalue weighted by Gasteiger charge is 2.07. The van der Waals surface area contributed by atoms with Gasteiger partial charge in [0.1, 0.15) is 4.49 Å². The predicted molar refractivity (Wildman–Crippen MR) is 76.2 cm³/mol. The van der Waals surface area contributed by atoms with E-state index >= 15 is 0 Å². The number of rotatable bonds is 4. The van der Waals surface area contributed by atoms with Crippen LogP contribution in [0.25, 0.3) is 0 Å². The zero-order valence-electron chi connectivity index (χ0n) is 8.27. The van der Waals surface area contributed by atoms with Crippen molar-refractivity contribution >= 4 is 62.5 Å². The fourth-order valence-electron chi connectivity index (χ4n) is 1.02. The van der Waals surface area contributed by atoms with E-state index < -0.39 is 0 Å². The zero-order chi connectivity index (χ0) is 12.1. The second kappa shape index (κ2) is 7.02. The normalized spacial score (nSPS) is 10.1.